The Morgan fingerprint density at radius 3 is 2.04 bits per heavy atom. The first-order valence-corrected chi connectivity index (χ1v) is 10.6. The third-order valence-corrected chi connectivity index (χ3v) is 6.58. The SMILES string of the molecule is Cc1ccc(S(=O)(=O)n2cc(-c3ccccc3)cc2-c2ccccc2C)cc1. The van der Waals surface area contributed by atoms with Gasteiger partial charge >= 0.3 is 0 Å². The first-order valence-electron chi connectivity index (χ1n) is 9.13. The summed E-state index contributed by atoms with van der Waals surface area (Å²) in [5.74, 6) is 0. The van der Waals surface area contributed by atoms with Crippen molar-refractivity contribution in [3.63, 3.8) is 0 Å². The molecule has 0 aliphatic rings. The second kappa shape index (κ2) is 7.13. The first-order chi connectivity index (χ1) is 13.5. The van der Waals surface area contributed by atoms with Gasteiger partial charge in [-0.2, -0.15) is 0 Å². The highest BCUT2D eigenvalue weighted by Gasteiger charge is 2.22. The average Bonchev–Trinajstić information content (AvgIpc) is 3.15. The van der Waals surface area contributed by atoms with Crippen LogP contribution in [-0.2, 0) is 10.0 Å². The Kier molecular flexibility index (Phi) is 4.65. The summed E-state index contributed by atoms with van der Waals surface area (Å²) in [7, 11) is -3.72. The molecule has 0 saturated heterocycles. The van der Waals surface area contributed by atoms with Gasteiger partial charge < -0.3 is 0 Å². The zero-order valence-electron chi connectivity index (χ0n) is 15.8. The third-order valence-electron chi connectivity index (χ3n) is 4.89. The Labute approximate surface area is 166 Å². The fourth-order valence-corrected chi connectivity index (χ4v) is 4.68. The van der Waals surface area contributed by atoms with Crippen LogP contribution in [0.5, 0.6) is 0 Å². The number of aryl methyl sites for hydroxylation is 2. The molecule has 0 spiro atoms. The fraction of sp³-hybridized carbons (Fsp3) is 0.0833. The van der Waals surface area contributed by atoms with Crippen LogP contribution in [-0.4, -0.2) is 12.4 Å². The van der Waals surface area contributed by atoms with E-state index in [0.717, 1.165) is 27.8 Å². The lowest BCUT2D eigenvalue weighted by molar-refractivity contribution is 0.588. The lowest BCUT2D eigenvalue weighted by atomic mass is 10.0. The molecule has 1 heterocycles. The lowest BCUT2D eigenvalue weighted by Gasteiger charge is -2.12. The summed E-state index contributed by atoms with van der Waals surface area (Å²) in [6.07, 6.45) is 1.71. The van der Waals surface area contributed by atoms with Crippen molar-refractivity contribution in [3.05, 3.63) is 102 Å². The van der Waals surface area contributed by atoms with Gasteiger partial charge in [-0.15, -0.1) is 0 Å². The minimum Gasteiger partial charge on any atom is -0.241 e. The van der Waals surface area contributed by atoms with Crippen molar-refractivity contribution in [2.45, 2.75) is 18.7 Å². The number of nitrogens with zero attached hydrogens (tertiary/aromatic N) is 1. The summed E-state index contributed by atoms with van der Waals surface area (Å²) in [6.45, 7) is 3.94. The number of rotatable bonds is 4. The molecule has 0 bridgehead atoms. The molecule has 0 amide bonds. The van der Waals surface area contributed by atoms with E-state index in [1.54, 1.807) is 18.3 Å². The average molecular weight is 388 g/mol. The van der Waals surface area contributed by atoms with Crippen LogP contribution in [0.1, 0.15) is 11.1 Å². The predicted octanol–water partition coefficient (Wildman–Crippen LogP) is 5.68. The molecular weight excluding hydrogens is 366 g/mol. The van der Waals surface area contributed by atoms with Crippen molar-refractivity contribution in [2.75, 3.05) is 0 Å². The van der Waals surface area contributed by atoms with Gasteiger partial charge in [0.05, 0.1) is 10.6 Å². The number of hydrogen-bond donors (Lipinski definition) is 0. The van der Waals surface area contributed by atoms with Crippen molar-refractivity contribution in [2.24, 2.45) is 0 Å². The van der Waals surface area contributed by atoms with Gasteiger partial charge in [0.1, 0.15) is 0 Å². The zero-order chi connectivity index (χ0) is 19.7. The second-order valence-electron chi connectivity index (χ2n) is 6.91. The molecule has 1 aromatic heterocycles. The Morgan fingerprint density at radius 2 is 1.36 bits per heavy atom. The van der Waals surface area contributed by atoms with Gasteiger partial charge in [-0.05, 0) is 43.2 Å². The first kappa shape index (κ1) is 18.3. The van der Waals surface area contributed by atoms with E-state index in [1.807, 2.05) is 86.6 Å². The summed E-state index contributed by atoms with van der Waals surface area (Å²) in [5.41, 5.74) is 5.47. The molecule has 4 heteroatoms. The molecule has 4 aromatic rings. The maximum Gasteiger partial charge on any atom is 0.268 e. The van der Waals surface area contributed by atoms with Crippen LogP contribution in [0.3, 0.4) is 0 Å². The highest BCUT2D eigenvalue weighted by Crippen LogP contribution is 2.33. The van der Waals surface area contributed by atoms with E-state index in [-0.39, 0.29) is 4.90 Å². The summed E-state index contributed by atoms with van der Waals surface area (Å²) in [4.78, 5) is 0.281. The van der Waals surface area contributed by atoms with Gasteiger partial charge in [0.2, 0.25) is 0 Å². The van der Waals surface area contributed by atoms with Crippen LogP contribution in [0, 0.1) is 13.8 Å². The zero-order valence-corrected chi connectivity index (χ0v) is 16.6. The molecule has 28 heavy (non-hydrogen) atoms. The van der Waals surface area contributed by atoms with Crippen molar-refractivity contribution >= 4 is 10.0 Å². The smallest absolute Gasteiger partial charge is 0.241 e. The summed E-state index contributed by atoms with van der Waals surface area (Å²) < 4.78 is 28.3. The molecule has 0 N–H and O–H groups in total. The van der Waals surface area contributed by atoms with E-state index in [9.17, 15) is 8.42 Å². The molecule has 0 unspecified atom stereocenters. The van der Waals surface area contributed by atoms with Crippen LogP contribution in [0.15, 0.2) is 96.0 Å². The van der Waals surface area contributed by atoms with E-state index in [0.29, 0.717) is 5.69 Å². The Hall–Kier alpha value is -3.11. The summed E-state index contributed by atoms with van der Waals surface area (Å²) >= 11 is 0. The molecule has 0 aliphatic heterocycles. The largest absolute Gasteiger partial charge is 0.268 e. The van der Waals surface area contributed by atoms with E-state index in [2.05, 4.69) is 0 Å². The van der Waals surface area contributed by atoms with Gasteiger partial charge in [0.25, 0.3) is 10.0 Å². The highest BCUT2D eigenvalue weighted by atomic mass is 32.2. The monoisotopic (exact) mass is 387 g/mol. The quantitative estimate of drug-likeness (QED) is 0.452. The number of aromatic nitrogens is 1. The maximum atomic E-state index is 13.5. The minimum absolute atomic E-state index is 0.281. The van der Waals surface area contributed by atoms with E-state index >= 15 is 0 Å². The Balaban J connectivity index is 1.96. The second-order valence-corrected chi connectivity index (χ2v) is 8.72. The van der Waals surface area contributed by atoms with Crippen LogP contribution < -0.4 is 0 Å². The maximum absolute atomic E-state index is 13.5. The van der Waals surface area contributed by atoms with E-state index in [4.69, 9.17) is 0 Å². The summed E-state index contributed by atoms with van der Waals surface area (Å²) in [6, 6.07) is 26.6. The molecule has 3 aromatic carbocycles. The van der Waals surface area contributed by atoms with Crippen LogP contribution in [0.25, 0.3) is 22.4 Å². The summed E-state index contributed by atoms with van der Waals surface area (Å²) in [5, 5.41) is 0. The molecule has 0 saturated carbocycles. The molecule has 0 radical (unpaired) electrons. The van der Waals surface area contributed by atoms with Crippen LogP contribution in [0.4, 0.5) is 0 Å². The minimum atomic E-state index is -3.72. The molecule has 4 rings (SSSR count). The van der Waals surface area contributed by atoms with Crippen molar-refractivity contribution in [3.8, 4) is 22.4 Å². The highest BCUT2D eigenvalue weighted by molar-refractivity contribution is 7.90. The molecule has 3 nitrogen and oxygen atoms in total. The molecular formula is C24H21NO2S. The predicted molar refractivity (Wildman–Crippen MR) is 114 cm³/mol. The Morgan fingerprint density at radius 1 is 0.714 bits per heavy atom. The number of hydrogen-bond acceptors (Lipinski definition) is 2. The number of benzene rings is 3. The topological polar surface area (TPSA) is 39.1 Å². The van der Waals surface area contributed by atoms with Gasteiger partial charge in [-0.3, -0.25) is 0 Å². The van der Waals surface area contributed by atoms with E-state index < -0.39 is 10.0 Å². The van der Waals surface area contributed by atoms with Gasteiger partial charge in [0, 0.05) is 17.3 Å². The molecule has 140 valence electrons. The van der Waals surface area contributed by atoms with Crippen LogP contribution >= 0.6 is 0 Å². The standard InChI is InChI=1S/C24H21NO2S/c1-18-12-14-22(15-13-18)28(26,27)25-17-21(20-9-4-3-5-10-20)16-24(25)23-11-7-6-8-19(23)2/h3-17H,1-2H3. The van der Waals surface area contributed by atoms with Crippen molar-refractivity contribution < 1.29 is 8.42 Å². The molecule has 0 fully saturated rings. The lowest BCUT2D eigenvalue weighted by Crippen LogP contribution is -2.13. The van der Waals surface area contributed by atoms with Crippen molar-refractivity contribution in [1.29, 1.82) is 0 Å². The van der Waals surface area contributed by atoms with Gasteiger partial charge in [0.15, 0.2) is 0 Å². The normalized spacial score (nSPS) is 11.5. The van der Waals surface area contributed by atoms with Crippen LogP contribution in [0.2, 0.25) is 0 Å². The molecule has 0 atom stereocenters. The van der Waals surface area contributed by atoms with Gasteiger partial charge in [-0.1, -0.05) is 72.3 Å². The van der Waals surface area contributed by atoms with Gasteiger partial charge in [-0.25, -0.2) is 12.4 Å². The fourth-order valence-electron chi connectivity index (χ4n) is 3.31. The third kappa shape index (κ3) is 3.27. The van der Waals surface area contributed by atoms with Crippen molar-refractivity contribution in [1.82, 2.24) is 3.97 Å². The van der Waals surface area contributed by atoms with E-state index in [1.165, 1.54) is 3.97 Å². The Bertz CT molecular complexity index is 1220. The molecule has 0 aliphatic carbocycles.